The van der Waals surface area contributed by atoms with Crippen LogP contribution in [-0.2, 0) is 16.0 Å². The molecule has 1 aromatic rings. The smallest absolute Gasteiger partial charge is 0.310 e. The van der Waals surface area contributed by atoms with Crippen LogP contribution in [0.2, 0.25) is 5.02 Å². The van der Waals surface area contributed by atoms with E-state index >= 15 is 0 Å². The molecular weight excluding hydrogens is 256 g/mol. The Balaban J connectivity index is 3.02. The van der Waals surface area contributed by atoms with Gasteiger partial charge in [-0.1, -0.05) is 11.6 Å². The number of rotatable bonds is 4. The first-order valence-electron chi connectivity index (χ1n) is 4.81. The van der Waals surface area contributed by atoms with Crippen LogP contribution in [0.5, 0.6) is 0 Å². The number of carbonyl (C=O) groups excluding carboxylic acids is 1. The zero-order chi connectivity index (χ0) is 13.0. The van der Waals surface area contributed by atoms with Crippen LogP contribution in [0.4, 0.5) is 8.78 Å². The quantitative estimate of drug-likeness (QED) is 0.848. The predicted octanol–water partition coefficient (Wildman–Crippen LogP) is 2.07. The lowest BCUT2D eigenvalue weighted by Crippen LogP contribution is -2.20. The molecule has 1 aromatic heterocycles. The minimum Gasteiger partial charge on any atom is -0.466 e. The maximum atomic E-state index is 12.3. The maximum Gasteiger partial charge on any atom is 0.310 e. The highest BCUT2D eigenvalue weighted by Gasteiger charge is 2.16. The number of halogens is 3. The van der Waals surface area contributed by atoms with E-state index in [0.29, 0.717) is 0 Å². The van der Waals surface area contributed by atoms with Gasteiger partial charge in [0, 0.05) is 5.56 Å². The zero-order valence-electron chi connectivity index (χ0n) is 8.93. The molecule has 4 nitrogen and oxygen atoms in total. The molecule has 94 valence electrons. The van der Waals surface area contributed by atoms with Crippen LogP contribution in [0.25, 0.3) is 0 Å². The van der Waals surface area contributed by atoms with Crippen molar-refractivity contribution in [1.29, 1.82) is 0 Å². The van der Waals surface area contributed by atoms with Gasteiger partial charge in [0.15, 0.2) is 0 Å². The molecule has 0 radical (unpaired) electrons. The lowest BCUT2D eigenvalue weighted by atomic mass is 10.2. The number of hydrogen-bond acceptors (Lipinski definition) is 3. The van der Waals surface area contributed by atoms with E-state index in [2.05, 4.69) is 4.74 Å². The minimum absolute atomic E-state index is 0.0745. The molecule has 0 aliphatic carbocycles. The Bertz CT molecular complexity index is 473. The molecule has 1 rings (SSSR count). The number of hydrogen-bond donors (Lipinski definition) is 1. The highest BCUT2D eigenvalue weighted by molar-refractivity contribution is 6.31. The van der Waals surface area contributed by atoms with Gasteiger partial charge in [0.2, 0.25) is 0 Å². The van der Waals surface area contributed by atoms with Crippen molar-refractivity contribution in [1.82, 2.24) is 4.98 Å². The third-order valence-electron chi connectivity index (χ3n) is 1.96. The lowest BCUT2D eigenvalue weighted by Gasteiger charge is -2.06. The second kappa shape index (κ2) is 5.77. The molecule has 7 heteroatoms. The van der Waals surface area contributed by atoms with Crippen molar-refractivity contribution in [2.75, 3.05) is 6.61 Å². The summed E-state index contributed by atoms with van der Waals surface area (Å²) in [7, 11) is 0. The highest BCUT2D eigenvalue weighted by Crippen LogP contribution is 2.20. The van der Waals surface area contributed by atoms with Gasteiger partial charge < -0.3 is 9.72 Å². The molecule has 0 spiro atoms. The number of alkyl halides is 2. The van der Waals surface area contributed by atoms with Crippen molar-refractivity contribution >= 4 is 17.6 Å². The fourth-order valence-corrected chi connectivity index (χ4v) is 1.48. The van der Waals surface area contributed by atoms with Gasteiger partial charge in [0.25, 0.3) is 12.0 Å². The molecule has 0 atom stereocenters. The van der Waals surface area contributed by atoms with Gasteiger partial charge >= 0.3 is 5.97 Å². The van der Waals surface area contributed by atoms with Crippen LogP contribution in [0, 0.1) is 0 Å². The molecule has 17 heavy (non-hydrogen) atoms. The summed E-state index contributed by atoms with van der Waals surface area (Å²) >= 11 is 5.66. The summed E-state index contributed by atoms with van der Waals surface area (Å²) in [5, 5.41) is -0.169. The van der Waals surface area contributed by atoms with Crippen molar-refractivity contribution < 1.29 is 18.3 Å². The summed E-state index contributed by atoms with van der Waals surface area (Å²) in [6, 6.07) is 0.933. The molecule has 0 saturated carbocycles. The molecule has 0 amide bonds. The van der Waals surface area contributed by atoms with Gasteiger partial charge in [0.05, 0.1) is 23.7 Å². The van der Waals surface area contributed by atoms with Gasteiger partial charge in [0.1, 0.15) is 0 Å². The zero-order valence-corrected chi connectivity index (χ0v) is 9.68. The molecule has 0 aliphatic rings. The third kappa shape index (κ3) is 3.52. The van der Waals surface area contributed by atoms with Crippen LogP contribution < -0.4 is 5.56 Å². The molecule has 0 saturated heterocycles. The Labute approximate surface area is 101 Å². The maximum absolute atomic E-state index is 12.3. The fraction of sp³-hybridized carbons (Fsp3) is 0.400. The first-order valence-corrected chi connectivity index (χ1v) is 5.18. The molecule has 0 aliphatic heterocycles. The first-order chi connectivity index (χ1) is 7.95. The van der Waals surface area contributed by atoms with Crippen LogP contribution in [0.15, 0.2) is 10.9 Å². The highest BCUT2D eigenvalue weighted by atomic mass is 35.5. The summed E-state index contributed by atoms with van der Waals surface area (Å²) < 4.78 is 29.3. The van der Waals surface area contributed by atoms with E-state index in [-0.39, 0.29) is 23.6 Å². The molecule has 0 aromatic carbocycles. The molecule has 1 N–H and O–H groups in total. The van der Waals surface area contributed by atoms with Crippen LogP contribution in [0.3, 0.4) is 0 Å². The minimum atomic E-state index is -2.82. The van der Waals surface area contributed by atoms with E-state index in [0.717, 1.165) is 6.07 Å². The third-order valence-corrected chi connectivity index (χ3v) is 2.30. The Morgan fingerprint density at radius 3 is 2.71 bits per heavy atom. The Kier molecular flexibility index (Phi) is 4.62. The number of esters is 1. The number of nitrogens with one attached hydrogen (secondary N) is 1. The van der Waals surface area contributed by atoms with Gasteiger partial charge in [-0.25, -0.2) is 8.78 Å². The number of pyridine rings is 1. The van der Waals surface area contributed by atoms with E-state index < -0.39 is 23.6 Å². The largest absolute Gasteiger partial charge is 0.466 e. The van der Waals surface area contributed by atoms with Crippen molar-refractivity contribution in [2.24, 2.45) is 0 Å². The van der Waals surface area contributed by atoms with Gasteiger partial charge in [-0.2, -0.15) is 0 Å². The summed E-state index contributed by atoms with van der Waals surface area (Å²) in [6.45, 7) is 1.78. The van der Waals surface area contributed by atoms with E-state index in [4.69, 9.17) is 11.6 Å². The van der Waals surface area contributed by atoms with Crippen molar-refractivity contribution in [3.63, 3.8) is 0 Å². The normalized spacial score (nSPS) is 10.6. The van der Waals surface area contributed by atoms with Gasteiger partial charge in [-0.3, -0.25) is 9.59 Å². The second-order valence-electron chi connectivity index (χ2n) is 3.16. The molecule has 0 unspecified atom stereocenters. The van der Waals surface area contributed by atoms with Crippen LogP contribution in [-0.4, -0.2) is 17.6 Å². The predicted molar refractivity (Wildman–Crippen MR) is 57.4 cm³/mol. The van der Waals surface area contributed by atoms with Gasteiger partial charge in [-0.15, -0.1) is 0 Å². The van der Waals surface area contributed by atoms with E-state index in [1.54, 1.807) is 6.92 Å². The number of ether oxygens (including phenoxy) is 1. The Morgan fingerprint density at radius 2 is 2.24 bits per heavy atom. The van der Waals surface area contributed by atoms with Crippen LogP contribution >= 0.6 is 11.6 Å². The van der Waals surface area contributed by atoms with Gasteiger partial charge in [-0.05, 0) is 13.0 Å². The van der Waals surface area contributed by atoms with E-state index in [1.807, 2.05) is 4.98 Å². The average Bonchev–Trinajstić information content (AvgIpc) is 2.23. The average molecular weight is 266 g/mol. The molecule has 0 bridgehead atoms. The lowest BCUT2D eigenvalue weighted by molar-refractivity contribution is -0.142. The topological polar surface area (TPSA) is 59.2 Å². The molecule has 1 heterocycles. The number of carbonyl (C=O) groups is 1. The Hall–Kier alpha value is -1.43. The Morgan fingerprint density at radius 1 is 1.59 bits per heavy atom. The van der Waals surface area contributed by atoms with Crippen molar-refractivity contribution in [3.8, 4) is 0 Å². The SMILES string of the molecule is CCOC(=O)Cc1c(Cl)cc(C(F)F)[nH]c1=O. The van der Waals surface area contributed by atoms with Crippen molar-refractivity contribution in [3.05, 3.63) is 32.7 Å². The number of aromatic amines is 1. The number of aromatic nitrogens is 1. The standard InChI is InChI=1S/C10H10ClF2NO3/c1-2-17-8(15)3-5-6(11)4-7(9(12)13)14-10(5)16/h4,9H,2-3H2,1H3,(H,14,16). The molecular formula is C10H10ClF2NO3. The van der Waals surface area contributed by atoms with E-state index in [9.17, 15) is 18.4 Å². The van der Waals surface area contributed by atoms with Crippen LogP contribution in [0.1, 0.15) is 24.6 Å². The summed E-state index contributed by atoms with van der Waals surface area (Å²) in [6.07, 6.45) is -3.16. The first kappa shape index (κ1) is 13.6. The summed E-state index contributed by atoms with van der Waals surface area (Å²) in [5.41, 5.74) is -1.46. The second-order valence-corrected chi connectivity index (χ2v) is 3.57. The summed E-state index contributed by atoms with van der Waals surface area (Å²) in [5.74, 6) is -0.635. The summed E-state index contributed by atoms with van der Waals surface area (Å²) in [4.78, 5) is 24.5. The molecule has 0 fully saturated rings. The van der Waals surface area contributed by atoms with Crippen molar-refractivity contribution in [2.45, 2.75) is 19.8 Å². The fourth-order valence-electron chi connectivity index (χ4n) is 1.21. The monoisotopic (exact) mass is 265 g/mol. The number of H-pyrrole nitrogens is 1. The van der Waals surface area contributed by atoms with E-state index in [1.165, 1.54) is 0 Å².